The molecule has 1 amide bonds. The molecule has 1 aromatic carbocycles. The first-order valence-corrected chi connectivity index (χ1v) is 12.5. The molecular weight excluding hydrogens is 484 g/mol. The standard InChI is InChI=1S/C25H30N12O/c1-15-21(25(2,3)37-24(35(15)5)31-32-33-37)23(38)28-16-6-7-18-17(12-16)22(30-29-18)19-13-20(27-14-26-19)36-10-8-34(4)9-11-36/h6-7,12-14H,8-11H2,1-5H3,(H,28,38)(H,29,30). The highest BCUT2D eigenvalue weighted by Crippen LogP contribution is 2.37. The second-order valence-corrected chi connectivity index (χ2v) is 10.3. The number of carbonyl (C=O) groups is 1. The lowest BCUT2D eigenvalue weighted by molar-refractivity contribution is -0.113. The lowest BCUT2D eigenvalue weighted by atomic mass is 9.89. The molecule has 0 unspecified atom stereocenters. The summed E-state index contributed by atoms with van der Waals surface area (Å²) in [5.74, 6) is 1.26. The second-order valence-electron chi connectivity index (χ2n) is 10.3. The first kappa shape index (κ1) is 24.0. The predicted octanol–water partition coefficient (Wildman–Crippen LogP) is 1.86. The Labute approximate surface area is 219 Å². The topological polar surface area (TPSA) is 137 Å². The van der Waals surface area contributed by atoms with E-state index in [4.69, 9.17) is 0 Å². The number of piperazine rings is 1. The number of H-pyrrole nitrogens is 1. The van der Waals surface area contributed by atoms with E-state index in [-0.39, 0.29) is 5.91 Å². The van der Waals surface area contributed by atoms with Gasteiger partial charge < -0.3 is 20.0 Å². The number of aromatic nitrogens is 8. The van der Waals surface area contributed by atoms with Crippen molar-refractivity contribution in [3.63, 3.8) is 0 Å². The van der Waals surface area contributed by atoms with E-state index in [9.17, 15) is 4.79 Å². The van der Waals surface area contributed by atoms with Gasteiger partial charge in [-0.15, -0.1) is 0 Å². The number of tetrazole rings is 1. The molecule has 38 heavy (non-hydrogen) atoms. The molecule has 13 heteroatoms. The Hall–Kier alpha value is -4.39. The van der Waals surface area contributed by atoms with E-state index in [1.165, 1.54) is 0 Å². The van der Waals surface area contributed by atoms with E-state index in [2.05, 4.69) is 57.9 Å². The number of hydrogen-bond acceptors (Lipinski definition) is 10. The zero-order chi connectivity index (χ0) is 26.6. The lowest BCUT2D eigenvalue weighted by Crippen LogP contribution is -2.44. The number of likely N-dealkylation sites (N-methyl/N-ethyl adjacent to an activating group) is 1. The van der Waals surface area contributed by atoms with Crippen LogP contribution in [0.2, 0.25) is 0 Å². The molecule has 1 fully saturated rings. The minimum atomic E-state index is -0.731. The fraction of sp³-hybridized carbons (Fsp3) is 0.400. The van der Waals surface area contributed by atoms with Gasteiger partial charge in [-0.1, -0.05) is 5.10 Å². The third kappa shape index (κ3) is 3.86. The van der Waals surface area contributed by atoms with Crippen molar-refractivity contribution in [1.82, 2.24) is 45.3 Å². The highest BCUT2D eigenvalue weighted by Gasteiger charge is 2.41. The van der Waals surface area contributed by atoms with Gasteiger partial charge in [-0.3, -0.25) is 9.89 Å². The molecule has 0 radical (unpaired) electrons. The molecule has 1 saturated heterocycles. The third-order valence-electron chi connectivity index (χ3n) is 7.53. The number of fused-ring (bicyclic) bond motifs is 2. The Bertz CT molecular complexity index is 1560. The number of anilines is 3. The van der Waals surface area contributed by atoms with Crippen LogP contribution in [0.15, 0.2) is 41.9 Å². The number of nitrogens with zero attached hydrogens (tertiary/aromatic N) is 10. The number of rotatable bonds is 4. The molecule has 2 N–H and O–H groups in total. The summed E-state index contributed by atoms with van der Waals surface area (Å²) in [5, 5.41) is 23.6. The summed E-state index contributed by atoms with van der Waals surface area (Å²) in [5.41, 5.74) is 3.58. The summed E-state index contributed by atoms with van der Waals surface area (Å²) in [6.45, 7) is 9.58. The number of nitrogens with one attached hydrogen (secondary N) is 2. The molecule has 3 aromatic heterocycles. The summed E-state index contributed by atoms with van der Waals surface area (Å²) < 4.78 is 1.67. The maximum Gasteiger partial charge on any atom is 0.255 e. The van der Waals surface area contributed by atoms with E-state index in [0.29, 0.717) is 22.9 Å². The number of allylic oxidation sites excluding steroid dienone is 1. The summed E-state index contributed by atoms with van der Waals surface area (Å²) >= 11 is 0. The maximum atomic E-state index is 13.6. The third-order valence-corrected chi connectivity index (χ3v) is 7.53. The van der Waals surface area contributed by atoms with Gasteiger partial charge in [0.2, 0.25) is 5.95 Å². The Balaban J connectivity index is 1.30. The van der Waals surface area contributed by atoms with Crippen molar-refractivity contribution in [2.75, 3.05) is 55.4 Å². The molecule has 4 aromatic rings. The number of benzene rings is 1. The fourth-order valence-corrected chi connectivity index (χ4v) is 5.23. The SMILES string of the molecule is CC1=C(C(=O)Nc2ccc3[nH]nc(-c4cc(N5CCN(C)CC5)ncn4)c3c2)C(C)(C)n2nnnc2N1C. The number of hydrogen-bond donors (Lipinski definition) is 2. The van der Waals surface area contributed by atoms with Gasteiger partial charge in [0.25, 0.3) is 5.91 Å². The molecule has 2 aliphatic heterocycles. The Kier molecular flexibility index (Phi) is 5.60. The Morgan fingerprint density at radius 3 is 2.66 bits per heavy atom. The normalized spacial score (nSPS) is 17.7. The first-order valence-electron chi connectivity index (χ1n) is 12.5. The van der Waals surface area contributed by atoms with Gasteiger partial charge in [0.1, 0.15) is 17.8 Å². The molecule has 13 nitrogen and oxygen atoms in total. The van der Waals surface area contributed by atoms with Crippen molar-refractivity contribution in [3.05, 3.63) is 41.9 Å². The molecule has 0 aliphatic carbocycles. The van der Waals surface area contributed by atoms with Crippen LogP contribution in [-0.4, -0.2) is 91.5 Å². The predicted molar refractivity (Wildman–Crippen MR) is 144 cm³/mol. The Morgan fingerprint density at radius 1 is 1.08 bits per heavy atom. The molecule has 0 saturated carbocycles. The molecule has 196 valence electrons. The van der Waals surface area contributed by atoms with Crippen molar-refractivity contribution < 1.29 is 4.79 Å². The molecule has 6 rings (SSSR count). The van der Waals surface area contributed by atoms with Crippen LogP contribution in [0.5, 0.6) is 0 Å². The largest absolute Gasteiger partial charge is 0.354 e. The zero-order valence-corrected chi connectivity index (χ0v) is 22.1. The van der Waals surface area contributed by atoms with E-state index < -0.39 is 5.54 Å². The van der Waals surface area contributed by atoms with Crippen LogP contribution in [0.1, 0.15) is 20.8 Å². The van der Waals surface area contributed by atoms with Crippen LogP contribution in [0, 0.1) is 0 Å². The van der Waals surface area contributed by atoms with E-state index in [1.807, 2.05) is 57.0 Å². The van der Waals surface area contributed by atoms with Gasteiger partial charge in [0.15, 0.2) is 0 Å². The highest BCUT2D eigenvalue weighted by atomic mass is 16.1. The summed E-state index contributed by atoms with van der Waals surface area (Å²) in [6.07, 6.45) is 1.58. The van der Waals surface area contributed by atoms with E-state index >= 15 is 0 Å². The molecular formula is C25H30N12O. The quantitative estimate of drug-likeness (QED) is 0.415. The number of aromatic amines is 1. The summed E-state index contributed by atoms with van der Waals surface area (Å²) in [6, 6.07) is 7.66. The molecule has 0 spiro atoms. The molecule has 2 aliphatic rings. The molecule has 0 atom stereocenters. The number of carbonyl (C=O) groups excluding carboxylic acids is 1. The average Bonchev–Trinajstić information content (AvgIpc) is 3.56. The van der Waals surface area contributed by atoms with Gasteiger partial charge in [0, 0.05) is 56.1 Å². The second kappa shape index (κ2) is 8.87. The van der Waals surface area contributed by atoms with E-state index in [0.717, 1.165) is 54.3 Å². The monoisotopic (exact) mass is 514 g/mol. The van der Waals surface area contributed by atoms with Gasteiger partial charge in [0.05, 0.1) is 22.3 Å². The minimum Gasteiger partial charge on any atom is -0.354 e. The van der Waals surface area contributed by atoms with Crippen molar-refractivity contribution in [3.8, 4) is 11.4 Å². The van der Waals surface area contributed by atoms with Crippen molar-refractivity contribution >= 4 is 34.3 Å². The van der Waals surface area contributed by atoms with Gasteiger partial charge >= 0.3 is 0 Å². The van der Waals surface area contributed by atoms with Gasteiger partial charge in [-0.2, -0.15) is 5.10 Å². The van der Waals surface area contributed by atoms with E-state index in [1.54, 1.807) is 11.0 Å². The van der Waals surface area contributed by atoms with Gasteiger partial charge in [-0.25, -0.2) is 14.6 Å². The van der Waals surface area contributed by atoms with Crippen molar-refractivity contribution in [2.24, 2.45) is 0 Å². The fourth-order valence-electron chi connectivity index (χ4n) is 5.23. The van der Waals surface area contributed by atoms with Crippen molar-refractivity contribution in [1.29, 1.82) is 0 Å². The first-order chi connectivity index (χ1) is 18.2. The van der Waals surface area contributed by atoms with Crippen molar-refractivity contribution in [2.45, 2.75) is 26.3 Å². The number of amides is 1. The highest BCUT2D eigenvalue weighted by molar-refractivity contribution is 6.07. The lowest BCUT2D eigenvalue weighted by Gasteiger charge is -2.37. The van der Waals surface area contributed by atoms with Gasteiger partial charge in [-0.05, 0) is 56.4 Å². The smallest absolute Gasteiger partial charge is 0.255 e. The minimum absolute atomic E-state index is 0.218. The molecule has 0 bridgehead atoms. The summed E-state index contributed by atoms with van der Waals surface area (Å²) in [7, 11) is 3.98. The summed E-state index contributed by atoms with van der Waals surface area (Å²) in [4.78, 5) is 29.0. The molecule has 5 heterocycles. The van der Waals surface area contributed by atoms with Crippen LogP contribution < -0.4 is 15.1 Å². The van der Waals surface area contributed by atoms with Crippen LogP contribution in [0.3, 0.4) is 0 Å². The average molecular weight is 515 g/mol. The zero-order valence-electron chi connectivity index (χ0n) is 22.1. The maximum absolute atomic E-state index is 13.6. The van der Waals surface area contributed by atoms with Crippen LogP contribution in [-0.2, 0) is 10.3 Å². The Morgan fingerprint density at radius 2 is 1.87 bits per heavy atom. The van der Waals surface area contributed by atoms with Crippen LogP contribution in [0.25, 0.3) is 22.3 Å². The van der Waals surface area contributed by atoms with Crippen LogP contribution in [0.4, 0.5) is 17.5 Å². The van der Waals surface area contributed by atoms with Crippen LogP contribution >= 0.6 is 0 Å².